The van der Waals surface area contributed by atoms with Crippen molar-refractivity contribution in [3.05, 3.63) is 35.1 Å². The lowest BCUT2D eigenvalue weighted by molar-refractivity contribution is -0.140. The van der Waals surface area contributed by atoms with Gasteiger partial charge in [-0.25, -0.2) is 4.39 Å². The molecular formula is C12H12BrF4NO. The number of carbonyl (C=O) groups is 1. The molecule has 19 heavy (non-hydrogen) atoms. The minimum Gasteiger partial charge on any atom is -0.352 e. The fourth-order valence-electron chi connectivity index (χ4n) is 1.37. The van der Waals surface area contributed by atoms with Crippen LogP contribution < -0.4 is 5.32 Å². The van der Waals surface area contributed by atoms with Gasteiger partial charge in [0.25, 0.3) is 5.91 Å². The number of alkyl halides is 4. The third-order valence-electron chi connectivity index (χ3n) is 2.36. The zero-order valence-electron chi connectivity index (χ0n) is 10.0. The van der Waals surface area contributed by atoms with Gasteiger partial charge < -0.3 is 5.32 Å². The number of rotatable bonds is 4. The number of amides is 1. The van der Waals surface area contributed by atoms with Crippen LogP contribution in [0.15, 0.2) is 18.2 Å². The Balaban J connectivity index is 2.82. The molecule has 1 rings (SSSR count). The van der Waals surface area contributed by atoms with E-state index in [1.54, 1.807) is 0 Å². The fourth-order valence-corrected chi connectivity index (χ4v) is 1.60. The Hall–Kier alpha value is -1.11. The summed E-state index contributed by atoms with van der Waals surface area (Å²) in [5, 5.41) is 2.47. The average Bonchev–Trinajstić information content (AvgIpc) is 2.27. The molecule has 0 aromatic heterocycles. The summed E-state index contributed by atoms with van der Waals surface area (Å²) >= 11 is 3.28. The number of benzene rings is 1. The Morgan fingerprint density at radius 1 is 1.42 bits per heavy atom. The highest BCUT2D eigenvalue weighted by atomic mass is 79.9. The molecule has 0 aliphatic rings. The summed E-state index contributed by atoms with van der Waals surface area (Å²) < 4.78 is 50.4. The average molecular weight is 342 g/mol. The molecule has 2 nitrogen and oxygen atoms in total. The van der Waals surface area contributed by atoms with Crippen molar-refractivity contribution in [1.82, 2.24) is 5.32 Å². The van der Waals surface area contributed by atoms with Crippen molar-refractivity contribution < 1.29 is 22.4 Å². The highest BCUT2D eigenvalue weighted by Crippen LogP contribution is 2.31. The number of hydrogen-bond donors (Lipinski definition) is 1. The first-order valence-corrected chi connectivity index (χ1v) is 6.42. The zero-order chi connectivity index (χ0) is 14.6. The lowest BCUT2D eigenvalue weighted by atomic mass is 10.1. The van der Waals surface area contributed by atoms with Crippen LogP contribution in [0.25, 0.3) is 0 Å². The molecular weight excluding hydrogens is 330 g/mol. The Morgan fingerprint density at radius 3 is 2.58 bits per heavy atom. The van der Waals surface area contributed by atoms with E-state index in [0.717, 1.165) is 6.07 Å². The maximum absolute atomic E-state index is 13.0. The zero-order valence-corrected chi connectivity index (χ0v) is 11.6. The van der Waals surface area contributed by atoms with E-state index in [9.17, 15) is 22.4 Å². The lowest BCUT2D eigenvalue weighted by Crippen LogP contribution is -2.26. The normalized spacial score (nSPS) is 13.2. The molecule has 1 aromatic carbocycles. The Morgan fingerprint density at radius 2 is 2.05 bits per heavy atom. The van der Waals surface area contributed by atoms with Gasteiger partial charge in [-0.15, -0.1) is 0 Å². The van der Waals surface area contributed by atoms with E-state index in [1.807, 2.05) is 6.92 Å². The van der Waals surface area contributed by atoms with Crippen LogP contribution in [-0.2, 0) is 6.18 Å². The van der Waals surface area contributed by atoms with Gasteiger partial charge in [0.05, 0.1) is 5.56 Å². The van der Waals surface area contributed by atoms with Crippen LogP contribution in [0.2, 0.25) is 0 Å². The number of halogens is 5. The predicted molar refractivity (Wildman–Crippen MR) is 66.7 cm³/mol. The van der Waals surface area contributed by atoms with Crippen molar-refractivity contribution in [1.29, 1.82) is 0 Å². The molecule has 106 valence electrons. The first kappa shape index (κ1) is 15.9. The number of nitrogens with one attached hydrogen (secondary N) is 1. The van der Waals surface area contributed by atoms with E-state index >= 15 is 0 Å². The van der Waals surface area contributed by atoms with Crippen LogP contribution in [0.3, 0.4) is 0 Å². The van der Waals surface area contributed by atoms with Crippen LogP contribution in [0.1, 0.15) is 29.3 Å². The summed E-state index contributed by atoms with van der Waals surface area (Å²) in [6.07, 6.45) is -4.18. The summed E-state index contributed by atoms with van der Waals surface area (Å²) in [6, 6.07) is 2.19. The standard InChI is InChI=1S/C12H12BrF4NO/c1-7(13)4-5-18-11(19)8-2-3-10(14)9(6-8)12(15,16)17/h2-3,6-7H,4-5H2,1H3,(H,18,19). The maximum atomic E-state index is 13.0. The topological polar surface area (TPSA) is 29.1 Å². The monoisotopic (exact) mass is 341 g/mol. The summed E-state index contributed by atoms with van der Waals surface area (Å²) in [5.41, 5.74) is -1.65. The second-order valence-electron chi connectivity index (χ2n) is 4.02. The van der Waals surface area contributed by atoms with Crippen molar-refractivity contribution in [3.63, 3.8) is 0 Å². The Labute approximate surface area is 116 Å². The first-order valence-electron chi connectivity index (χ1n) is 5.51. The molecule has 0 aliphatic heterocycles. The van der Waals surface area contributed by atoms with Crippen LogP contribution in [0.5, 0.6) is 0 Å². The molecule has 7 heteroatoms. The van der Waals surface area contributed by atoms with Gasteiger partial charge in [-0.3, -0.25) is 4.79 Å². The van der Waals surface area contributed by atoms with Crippen molar-refractivity contribution in [2.75, 3.05) is 6.54 Å². The molecule has 0 spiro atoms. The van der Waals surface area contributed by atoms with E-state index in [-0.39, 0.29) is 10.4 Å². The highest BCUT2D eigenvalue weighted by Gasteiger charge is 2.34. The molecule has 0 bridgehead atoms. The quantitative estimate of drug-likeness (QED) is 0.655. The molecule has 0 aliphatic carbocycles. The second-order valence-corrected chi connectivity index (χ2v) is 5.58. The molecule has 1 aromatic rings. The van der Waals surface area contributed by atoms with Gasteiger partial charge in [0.1, 0.15) is 5.82 Å². The minimum atomic E-state index is -4.81. The summed E-state index contributed by atoms with van der Waals surface area (Å²) in [5.74, 6) is -2.04. The number of hydrogen-bond acceptors (Lipinski definition) is 1. The largest absolute Gasteiger partial charge is 0.419 e. The van der Waals surface area contributed by atoms with Gasteiger partial charge in [0.15, 0.2) is 0 Å². The van der Waals surface area contributed by atoms with E-state index in [1.165, 1.54) is 0 Å². The van der Waals surface area contributed by atoms with Gasteiger partial charge in [-0.1, -0.05) is 22.9 Å². The van der Waals surface area contributed by atoms with Gasteiger partial charge >= 0.3 is 6.18 Å². The molecule has 0 radical (unpaired) electrons. The van der Waals surface area contributed by atoms with Gasteiger partial charge in [-0.05, 0) is 24.6 Å². The molecule has 0 heterocycles. The molecule has 0 fully saturated rings. The first-order chi connectivity index (χ1) is 8.71. The molecule has 1 atom stereocenters. The molecule has 1 amide bonds. The van der Waals surface area contributed by atoms with E-state index in [2.05, 4.69) is 21.2 Å². The Bertz CT molecular complexity index is 460. The van der Waals surface area contributed by atoms with E-state index in [0.29, 0.717) is 25.1 Å². The van der Waals surface area contributed by atoms with Crippen molar-refractivity contribution >= 4 is 21.8 Å². The van der Waals surface area contributed by atoms with Crippen molar-refractivity contribution in [3.8, 4) is 0 Å². The van der Waals surface area contributed by atoms with Crippen LogP contribution in [0.4, 0.5) is 17.6 Å². The molecule has 1 unspecified atom stereocenters. The molecule has 1 N–H and O–H groups in total. The van der Waals surface area contributed by atoms with Crippen LogP contribution in [-0.4, -0.2) is 17.3 Å². The third-order valence-corrected chi connectivity index (χ3v) is 2.82. The van der Waals surface area contributed by atoms with E-state index < -0.39 is 23.5 Å². The molecule has 0 saturated heterocycles. The number of carbonyl (C=O) groups excluding carboxylic acids is 1. The second kappa shape index (κ2) is 6.36. The predicted octanol–water partition coefficient (Wildman–Crippen LogP) is 3.75. The molecule has 0 saturated carbocycles. The SMILES string of the molecule is CC(Br)CCNC(=O)c1ccc(F)c(C(F)(F)F)c1. The summed E-state index contributed by atoms with van der Waals surface area (Å²) in [4.78, 5) is 11.8. The van der Waals surface area contributed by atoms with Gasteiger partial charge in [0, 0.05) is 16.9 Å². The maximum Gasteiger partial charge on any atom is 0.419 e. The van der Waals surface area contributed by atoms with Crippen LogP contribution >= 0.6 is 15.9 Å². The smallest absolute Gasteiger partial charge is 0.352 e. The summed E-state index contributed by atoms with van der Waals surface area (Å²) in [7, 11) is 0. The Kier molecular flexibility index (Phi) is 5.34. The third kappa shape index (κ3) is 4.81. The highest BCUT2D eigenvalue weighted by molar-refractivity contribution is 9.09. The minimum absolute atomic E-state index is 0.187. The summed E-state index contributed by atoms with van der Waals surface area (Å²) in [6.45, 7) is 2.20. The van der Waals surface area contributed by atoms with Gasteiger partial charge in [-0.2, -0.15) is 13.2 Å². The lowest BCUT2D eigenvalue weighted by Gasteiger charge is -2.10. The van der Waals surface area contributed by atoms with E-state index in [4.69, 9.17) is 0 Å². The van der Waals surface area contributed by atoms with Crippen LogP contribution in [0, 0.1) is 5.82 Å². The van der Waals surface area contributed by atoms with Gasteiger partial charge in [0.2, 0.25) is 0 Å². The van der Waals surface area contributed by atoms with Crippen molar-refractivity contribution in [2.24, 2.45) is 0 Å². The van der Waals surface area contributed by atoms with Crippen molar-refractivity contribution in [2.45, 2.75) is 24.3 Å². The fraction of sp³-hybridized carbons (Fsp3) is 0.417.